The van der Waals surface area contributed by atoms with Crippen LogP contribution in [0.25, 0.3) is 0 Å². The minimum Gasteiger partial charge on any atom is -0.350 e. The number of halogens is 1. The molecule has 0 aliphatic carbocycles. The molecule has 1 atom stereocenters. The monoisotopic (exact) mass is 283 g/mol. The van der Waals surface area contributed by atoms with Crippen LogP contribution >= 0.6 is 22.6 Å². The van der Waals surface area contributed by atoms with Gasteiger partial charge in [-0.1, -0.05) is 35.9 Å². The van der Waals surface area contributed by atoms with Gasteiger partial charge in [-0.05, 0) is 27.2 Å². The molecular formula is C9H18INO. The average molecular weight is 283 g/mol. The van der Waals surface area contributed by atoms with Gasteiger partial charge in [-0.3, -0.25) is 4.79 Å². The summed E-state index contributed by atoms with van der Waals surface area (Å²) in [5, 5.41) is 3.01. The highest BCUT2D eigenvalue weighted by Gasteiger charge is 2.20. The third kappa shape index (κ3) is 4.95. The molecule has 0 aliphatic heterocycles. The highest BCUT2D eigenvalue weighted by Crippen LogP contribution is 2.12. The summed E-state index contributed by atoms with van der Waals surface area (Å²) in [6.07, 6.45) is 2.13. The standard InChI is InChI=1S/C9H18INO/c1-5-6-9(3,4)11-8(12)7(2)10/h7H,5-6H2,1-4H3,(H,11,12). The maximum absolute atomic E-state index is 11.3. The number of hydrogen-bond donors (Lipinski definition) is 1. The molecule has 0 fully saturated rings. The molecule has 1 amide bonds. The van der Waals surface area contributed by atoms with Crippen molar-refractivity contribution < 1.29 is 4.79 Å². The lowest BCUT2D eigenvalue weighted by molar-refractivity contribution is -0.121. The highest BCUT2D eigenvalue weighted by atomic mass is 127. The van der Waals surface area contributed by atoms with Gasteiger partial charge in [-0.25, -0.2) is 0 Å². The lowest BCUT2D eigenvalue weighted by Gasteiger charge is -2.26. The van der Waals surface area contributed by atoms with Gasteiger partial charge in [-0.2, -0.15) is 0 Å². The summed E-state index contributed by atoms with van der Waals surface area (Å²) >= 11 is 2.12. The van der Waals surface area contributed by atoms with Crippen molar-refractivity contribution in [3.63, 3.8) is 0 Å². The molecule has 0 spiro atoms. The summed E-state index contributed by atoms with van der Waals surface area (Å²) in [6, 6.07) is 0. The van der Waals surface area contributed by atoms with Gasteiger partial charge in [0.1, 0.15) is 0 Å². The van der Waals surface area contributed by atoms with Gasteiger partial charge in [0, 0.05) is 5.54 Å². The zero-order valence-electron chi connectivity index (χ0n) is 8.28. The maximum Gasteiger partial charge on any atom is 0.233 e. The van der Waals surface area contributed by atoms with E-state index in [-0.39, 0.29) is 15.4 Å². The minimum absolute atomic E-state index is 0.0503. The van der Waals surface area contributed by atoms with Crippen molar-refractivity contribution in [1.82, 2.24) is 5.32 Å². The first-order chi connectivity index (χ1) is 5.39. The summed E-state index contributed by atoms with van der Waals surface area (Å²) in [4.78, 5) is 11.3. The number of carbonyl (C=O) groups is 1. The Morgan fingerprint density at radius 2 is 2.08 bits per heavy atom. The van der Waals surface area contributed by atoms with Crippen molar-refractivity contribution >= 4 is 28.5 Å². The van der Waals surface area contributed by atoms with E-state index in [0.717, 1.165) is 12.8 Å². The third-order valence-corrected chi connectivity index (χ3v) is 2.26. The van der Waals surface area contributed by atoms with E-state index < -0.39 is 0 Å². The molecule has 0 radical (unpaired) electrons. The second-order valence-electron chi connectivity index (χ2n) is 3.74. The number of carbonyl (C=O) groups excluding carboxylic acids is 1. The lowest BCUT2D eigenvalue weighted by atomic mass is 9.99. The summed E-state index contributed by atoms with van der Waals surface area (Å²) in [6.45, 7) is 8.15. The van der Waals surface area contributed by atoms with E-state index in [1.165, 1.54) is 0 Å². The molecule has 1 unspecified atom stereocenters. The van der Waals surface area contributed by atoms with Gasteiger partial charge in [-0.15, -0.1) is 0 Å². The van der Waals surface area contributed by atoms with Gasteiger partial charge in [0.05, 0.1) is 3.92 Å². The molecule has 0 saturated carbocycles. The van der Waals surface area contributed by atoms with Crippen molar-refractivity contribution in [3.8, 4) is 0 Å². The number of hydrogen-bond acceptors (Lipinski definition) is 1. The van der Waals surface area contributed by atoms with E-state index in [1.54, 1.807) is 0 Å². The Labute approximate surface area is 88.6 Å². The molecule has 0 aliphatic rings. The second-order valence-corrected chi connectivity index (χ2v) is 5.61. The predicted octanol–water partition coefficient (Wildman–Crippen LogP) is 2.50. The molecule has 0 aromatic heterocycles. The van der Waals surface area contributed by atoms with Crippen molar-refractivity contribution in [2.45, 2.75) is 50.0 Å². The zero-order chi connectivity index (χ0) is 9.78. The maximum atomic E-state index is 11.3. The van der Waals surface area contributed by atoms with Crippen molar-refractivity contribution in [2.24, 2.45) is 0 Å². The van der Waals surface area contributed by atoms with Crippen LogP contribution in [0.4, 0.5) is 0 Å². The Bertz CT molecular complexity index is 155. The Morgan fingerprint density at radius 1 is 1.58 bits per heavy atom. The van der Waals surface area contributed by atoms with Gasteiger partial charge in [0.15, 0.2) is 0 Å². The summed E-state index contributed by atoms with van der Waals surface area (Å²) in [5.41, 5.74) is -0.0503. The van der Waals surface area contributed by atoms with Crippen LogP contribution in [0.15, 0.2) is 0 Å². The molecule has 0 aromatic carbocycles. The summed E-state index contributed by atoms with van der Waals surface area (Å²) in [5.74, 6) is 0.133. The van der Waals surface area contributed by atoms with E-state index in [9.17, 15) is 4.79 Å². The fourth-order valence-corrected chi connectivity index (χ4v) is 1.28. The molecular weight excluding hydrogens is 265 g/mol. The molecule has 0 rings (SSSR count). The smallest absolute Gasteiger partial charge is 0.233 e. The van der Waals surface area contributed by atoms with E-state index in [2.05, 4.69) is 48.7 Å². The van der Waals surface area contributed by atoms with Crippen LogP contribution in [0.2, 0.25) is 0 Å². The highest BCUT2D eigenvalue weighted by molar-refractivity contribution is 14.1. The van der Waals surface area contributed by atoms with E-state index in [4.69, 9.17) is 0 Å². The molecule has 0 heterocycles. The summed E-state index contributed by atoms with van der Waals surface area (Å²) < 4.78 is 0.0544. The van der Waals surface area contributed by atoms with Gasteiger partial charge < -0.3 is 5.32 Å². The first-order valence-corrected chi connectivity index (χ1v) is 5.59. The Morgan fingerprint density at radius 3 is 2.42 bits per heavy atom. The molecule has 1 N–H and O–H groups in total. The molecule has 2 nitrogen and oxygen atoms in total. The van der Waals surface area contributed by atoms with Crippen LogP contribution in [0.1, 0.15) is 40.5 Å². The summed E-state index contributed by atoms with van der Waals surface area (Å²) in [7, 11) is 0. The van der Waals surface area contributed by atoms with Gasteiger partial charge in [0.2, 0.25) is 5.91 Å². The van der Waals surface area contributed by atoms with Crippen LogP contribution < -0.4 is 5.32 Å². The van der Waals surface area contributed by atoms with Crippen LogP contribution in [-0.4, -0.2) is 15.4 Å². The zero-order valence-corrected chi connectivity index (χ0v) is 10.4. The van der Waals surface area contributed by atoms with Crippen LogP contribution in [0.3, 0.4) is 0 Å². The minimum atomic E-state index is -0.0503. The van der Waals surface area contributed by atoms with Crippen molar-refractivity contribution in [3.05, 3.63) is 0 Å². The van der Waals surface area contributed by atoms with Gasteiger partial charge >= 0.3 is 0 Å². The van der Waals surface area contributed by atoms with Gasteiger partial charge in [0.25, 0.3) is 0 Å². The van der Waals surface area contributed by atoms with E-state index >= 15 is 0 Å². The fraction of sp³-hybridized carbons (Fsp3) is 0.889. The quantitative estimate of drug-likeness (QED) is 0.623. The number of amides is 1. The van der Waals surface area contributed by atoms with Crippen LogP contribution in [-0.2, 0) is 4.79 Å². The van der Waals surface area contributed by atoms with Crippen LogP contribution in [0.5, 0.6) is 0 Å². The molecule has 0 aromatic rings. The number of alkyl halides is 1. The molecule has 0 saturated heterocycles. The SMILES string of the molecule is CCCC(C)(C)NC(=O)C(C)I. The van der Waals surface area contributed by atoms with Crippen molar-refractivity contribution in [2.75, 3.05) is 0 Å². The predicted molar refractivity (Wildman–Crippen MR) is 60.6 cm³/mol. The topological polar surface area (TPSA) is 29.1 Å². The normalized spacial score (nSPS) is 14.1. The van der Waals surface area contributed by atoms with E-state index in [1.807, 2.05) is 6.92 Å². The largest absolute Gasteiger partial charge is 0.350 e. The fourth-order valence-electron chi connectivity index (χ4n) is 1.12. The Kier molecular flexibility index (Phi) is 5.13. The average Bonchev–Trinajstić information content (AvgIpc) is 1.85. The number of nitrogens with one attached hydrogen (secondary N) is 1. The first kappa shape index (κ1) is 12.2. The molecule has 0 bridgehead atoms. The Hall–Kier alpha value is 0.200. The number of rotatable bonds is 4. The van der Waals surface area contributed by atoms with Crippen LogP contribution in [0, 0.1) is 0 Å². The lowest BCUT2D eigenvalue weighted by Crippen LogP contribution is -2.45. The van der Waals surface area contributed by atoms with E-state index in [0.29, 0.717) is 0 Å². The molecule has 3 heteroatoms. The third-order valence-electron chi connectivity index (χ3n) is 1.70. The Balaban J connectivity index is 3.96. The second kappa shape index (κ2) is 5.04. The first-order valence-electron chi connectivity index (χ1n) is 4.35. The van der Waals surface area contributed by atoms with Crippen molar-refractivity contribution in [1.29, 1.82) is 0 Å². The molecule has 12 heavy (non-hydrogen) atoms. The molecule has 72 valence electrons.